The first-order valence-corrected chi connectivity index (χ1v) is 14.3. The lowest BCUT2D eigenvalue weighted by Gasteiger charge is -2.32. The highest BCUT2D eigenvalue weighted by atomic mass is 32.1. The standard InChI is InChI=1S/C28H36FN5O4S/c1-16(2)13-21(27(37)34-14-20(29)25-24(34)22(35)15-38-25)30-26(36)19-7-5-18(6-8-19)23-17(3)39-28(31-23)33-11-9-32(4)10-12-33/h5-8,16,20-21,24-25H,9-15H2,1-4H3,(H,30,36)/t20-,21?,24?,25+/m0/s1. The second-order valence-corrected chi connectivity index (χ2v) is 12.3. The number of carbonyl (C=O) groups excluding carboxylic acids is 3. The number of hydrogen-bond donors (Lipinski definition) is 1. The number of benzene rings is 1. The molecule has 0 radical (unpaired) electrons. The SMILES string of the molecule is Cc1sc(N2CCN(C)CC2)nc1-c1ccc(C(=O)NC(CC(C)C)C(=O)N2C[C@H](F)[C@H]3OCC(=O)C32)cc1. The quantitative estimate of drug-likeness (QED) is 0.559. The number of nitrogens with zero attached hydrogens (tertiary/aromatic N) is 4. The van der Waals surface area contributed by atoms with Crippen LogP contribution < -0.4 is 10.2 Å². The van der Waals surface area contributed by atoms with Crippen LogP contribution in [0, 0.1) is 12.8 Å². The Labute approximate surface area is 232 Å². The second-order valence-electron chi connectivity index (χ2n) is 11.1. The van der Waals surface area contributed by atoms with E-state index >= 15 is 0 Å². The highest BCUT2D eigenvalue weighted by molar-refractivity contribution is 7.16. The number of alkyl halides is 1. The van der Waals surface area contributed by atoms with E-state index in [1.165, 1.54) is 4.90 Å². The summed E-state index contributed by atoms with van der Waals surface area (Å²) < 4.78 is 19.8. The molecule has 1 N–H and O–H groups in total. The number of hydrogen-bond acceptors (Lipinski definition) is 8. The second kappa shape index (κ2) is 11.3. The van der Waals surface area contributed by atoms with Crippen LogP contribution in [0.25, 0.3) is 11.3 Å². The Morgan fingerprint density at radius 1 is 1.18 bits per heavy atom. The van der Waals surface area contributed by atoms with Gasteiger partial charge < -0.3 is 24.8 Å². The average Bonchev–Trinajstić information content (AvgIpc) is 3.58. The fourth-order valence-corrected chi connectivity index (χ4v) is 6.50. The number of nitrogens with one attached hydrogen (secondary N) is 1. The molecule has 2 aromatic rings. The van der Waals surface area contributed by atoms with Crippen molar-refractivity contribution in [2.45, 2.75) is 51.6 Å². The predicted molar refractivity (Wildman–Crippen MR) is 148 cm³/mol. The number of halogens is 1. The van der Waals surface area contributed by atoms with Crippen LogP contribution in [0.4, 0.5) is 9.52 Å². The van der Waals surface area contributed by atoms with Gasteiger partial charge >= 0.3 is 0 Å². The monoisotopic (exact) mass is 557 g/mol. The highest BCUT2D eigenvalue weighted by Crippen LogP contribution is 2.33. The number of anilines is 1. The van der Waals surface area contributed by atoms with Crippen molar-refractivity contribution in [3.63, 3.8) is 0 Å². The smallest absolute Gasteiger partial charge is 0.251 e. The number of likely N-dealkylation sites (N-methyl/N-ethyl adjacent to an activating group) is 1. The predicted octanol–water partition coefficient (Wildman–Crippen LogP) is 2.53. The summed E-state index contributed by atoms with van der Waals surface area (Å²) in [5, 5.41) is 3.86. The van der Waals surface area contributed by atoms with Crippen LogP contribution in [0.3, 0.4) is 0 Å². The van der Waals surface area contributed by atoms with E-state index in [9.17, 15) is 18.8 Å². The third-order valence-electron chi connectivity index (χ3n) is 7.70. The van der Waals surface area contributed by atoms with Gasteiger partial charge in [-0.05, 0) is 38.4 Å². The Balaban J connectivity index is 1.28. The number of aromatic nitrogens is 1. The van der Waals surface area contributed by atoms with Gasteiger partial charge in [0, 0.05) is 42.2 Å². The number of likely N-dealkylation sites (tertiary alicyclic amines) is 1. The summed E-state index contributed by atoms with van der Waals surface area (Å²) in [7, 11) is 2.13. The van der Waals surface area contributed by atoms with Crippen LogP contribution >= 0.6 is 11.3 Å². The number of ether oxygens (including phenoxy) is 1. The Kier molecular flexibility index (Phi) is 8.02. The van der Waals surface area contributed by atoms with Gasteiger partial charge in [-0.25, -0.2) is 9.37 Å². The maximum Gasteiger partial charge on any atom is 0.251 e. The van der Waals surface area contributed by atoms with Gasteiger partial charge in [-0.2, -0.15) is 0 Å². The van der Waals surface area contributed by atoms with Gasteiger partial charge in [0.25, 0.3) is 5.91 Å². The molecule has 2 amide bonds. The number of aryl methyl sites for hydroxylation is 1. The van der Waals surface area contributed by atoms with E-state index in [1.54, 1.807) is 23.5 Å². The molecular weight excluding hydrogens is 521 g/mol. The van der Waals surface area contributed by atoms with Crippen molar-refractivity contribution in [1.82, 2.24) is 20.1 Å². The first kappa shape index (κ1) is 27.7. The summed E-state index contributed by atoms with van der Waals surface area (Å²) >= 11 is 1.68. The number of Topliss-reactive ketones (excluding diaryl/α,β-unsaturated/α-hetero) is 1. The zero-order valence-corrected chi connectivity index (χ0v) is 23.7. The zero-order valence-electron chi connectivity index (χ0n) is 22.9. The molecule has 3 saturated heterocycles. The lowest BCUT2D eigenvalue weighted by molar-refractivity contribution is -0.138. The average molecular weight is 558 g/mol. The fourth-order valence-electron chi connectivity index (χ4n) is 5.52. The van der Waals surface area contributed by atoms with Crippen LogP contribution in [0.2, 0.25) is 0 Å². The summed E-state index contributed by atoms with van der Waals surface area (Å²) in [6.45, 7) is 9.47. The molecule has 1 aromatic heterocycles. The van der Waals surface area contributed by atoms with Crippen molar-refractivity contribution in [2.75, 3.05) is 51.3 Å². The highest BCUT2D eigenvalue weighted by Gasteiger charge is 2.53. The van der Waals surface area contributed by atoms with E-state index in [0.29, 0.717) is 12.0 Å². The molecule has 3 aliphatic rings. The molecule has 210 valence electrons. The summed E-state index contributed by atoms with van der Waals surface area (Å²) in [5.74, 6) is -1.04. The minimum atomic E-state index is -1.42. The normalized spacial score (nSPS) is 24.4. The number of carbonyl (C=O) groups is 3. The molecule has 4 heterocycles. The fraction of sp³-hybridized carbons (Fsp3) is 0.571. The van der Waals surface area contributed by atoms with Crippen LogP contribution in [0.5, 0.6) is 0 Å². The maximum atomic E-state index is 14.5. The van der Waals surface area contributed by atoms with Crippen LogP contribution in [0.15, 0.2) is 24.3 Å². The van der Waals surface area contributed by atoms with E-state index in [1.807, 2.05) is 26.0 Å². The summed E-state index contributed by atoms with van der Waals surface area (Å²) in [6, 6.07) is 5.41. The van der Waals surface area contributed by atoms with Gasteiger partial charge in [0.1, 0.15) is 31.0 Å². The third kappa shape index (κ3) is 5.71. The zero-order chi connectivity index (χ0) is 27.8. The summed E-state index contributed by atoms with van der Waals surface area (Å²) in [6.07, 6.45) is -1.97. The molecule has 5 rings (SSSR count). The molecule has 4 atom stereocenters. The number of rotatable bonds is 7. The van der Waals surface area contributed by atoms with Crippen molar-refractivity contribution in [1.29, 1.82) is 0 Å². The molecular formula is C28H36FN5O4S. The molecule has 9 nitrogen and oxygen atoms in total. The van der Waals surface area contributed by atoms with Crippen LogP contribution in [-0.2, 0) is 14.3 Å². The van der Waals surface area contributed by atoms with E-state index in [-0.39, 0.29) is 24.9 Å². The molecule has 0 bridgehead atoms. The number of thiazole rings is 1. The van der Waals surface area contributed by atoms with Crippen molar-refractivity contribution >= 4 is 34.1 Å². The third-order valence-corrected chi connectivity index (χ3v) is 8.73. The molecule has 39 heavy (non-hydrogen) atoms. The largest absolute Gasteiger partial charge is 0.365 e. The maximum absolute atomic E-state index is 14.5. The summed E-state index contributed by atoms with van der Waals surface area (Å²) in [4.78, 5) is 50.8. The number of ketones is 1. The Morgan fingerprint density at radius 3 is 2.54 bits per heavy atom. The topological polar surface area (TPSA) is 95.1 Å². The number of fused-ring (bicyclic) bond motifs is 1. The molecule has 11 heteroatoms. The van der Waals surface area contributed by atoms with E-state index in [2.05, 4.69) is 29.1 Å². The Bertz CT molecular complexity index is 1230. The number of piperazine rings is 1. The molecule has 3 fully saturated rings. The van der Waals surface area contributed by atoms with Gasteiger partial charge in [0.15, 0.2) is 10.9 Å². The van der Waals surface area contributed by atoms with Crippen LogP contribution in [0.1, 0.15) is 35.5 Å². The van der Waals surface area contributed by atoms with E-state index in [0.717, 1.165) is 47.4 Å². The van der Waals surface area contributed by atoms with Crippen LogP contribution in [-0.4, -0.2) is 103 Å². The first-order valence-electron chi connectivity index (χ1n) is 13.5. The van der Waals surface area contributed by atoms with Crippen molar-refractivity contribution in [3.05, 3.63) is 34.7 Å². The molecule has 0 spiro atoms. The van der Waals surface area contributed by atoms with Gasteiger partial charge in [0.05, 0.1) is 12.2 Å². The van der Waals surface area contributed by atoms with Gasteiger partial charge in [-0.15, -0.1) is 11.3 Å². The minimum Gasteiger partial charge on any atom is -0.365 e. The van der Waals surface area contributed by atoms with Crippen molar-refractivity contribution in [2.24, 2.45) is 5.92 Å². The lowest BCUT2D eigenvalue weighted by Crippen LogP contribution is -2.52. The van der Waals surface area contributed by atoms with Gasteiger partial charge in [-0.3, -0.25) is 14.4 Å². The van der Waals surface area contributed by atoms with Crippen molar-refractivity contribution in [3.8, 4) is 11.3 Å². The molecule has 0 saturated carbocycles. The minimum absolute atomic E-state index is 0.0962. The summed E-state index contributed by atoms with van der Waals surface area (Å²) in [5.41, 5.74) is 2.24. The molecule has 1 aromatic carbocycles. The van der Waals surface area contributed by atoms with E-state index in [4.69, 9.17) is 9.72 Å². The molecule has 2 unspecified atom stereocenters. The van der Waals surface area contributed by atoms with Gasteiger partial charge in [-0.1, -0.05) is 26.0 Å². The first-order chi connectivity index (χ1) is 18.6. The number of amides is 2. The molecule has 0 aliphatic carbocycles. The van der Waals surface area contributed by atoms with Gasteiger partial charge in [0.2, 0.25) is 5.91 Å². The molecule has 3 aliphatic heterocycles. The Hall–Kier alpha value is -2.89. The van der Waals surface area contributed by atoms with Crippen molar-refractivity contribution < 1.29 is 23.5 Å². The van der Waals surface area contributed by atoms with E-state index < -0.39 is 36.2 Å². The lowest BCUT2D eigenvalue weighted by atomic mass is 10.0. The Morgan fingerprint density at radius 2 is 1.87 bits per heavy atom.